The number of rotatable bonds is 3. The molecule has 4 heteroatoms. The van der Waals surface area contributed by atoms with Crippen LogP contribution in [0.25, 0.3) is 10.8 Å². The first-order valence-electron chi connectivity index (χ1n) is 7.12. The van der Waals surface area contributed by atoms with Gasteiger partial charge in [-0.3, -0.25) is 4.79 Å². The van der Waals surface area contributed by atoms with Gasteiger partial charge >= 0.3 is 0 Å². The molecule has 1 atom stereocenters. The van der Waals surface area contributed by atoms with Gasteiger partial charge in [0.25, 0.3) is 0 Å². The normalized spacial score (nSPS) is 12.5. The van der Waals surface area contributed by atoms with Crippen LogP contribution in [0.15, 0.2) is 59.5 Å². The van der Waals surface area contributed by atoms with Gasteiger partial charge in [-0.15, -0.1) is 0 Å². The summed E-state index contributed by atoms with van der Waals surface area (Å²) in [4.78, 5) is 11.4. The van der Waals surface area contributed by atoms with Crippen molar-refractivity contribution in [1.29, 1.82) is 0 Å². The summed E-state index contributed by atoms with van der Waals surface area (Å²) in [7, 11) is 0. The largest absolute Gasteiger partial charge is 0.503 e. The summed E-state index contributed by atoms with van der Waals surface area (Å²) in [5.41, 5.74) is 0.845. The van der Waals surface area contributed by atoms with Crippen molar-refractivity contribution >= 4 is 10.8 Å². The van der Waals surface area contributed by atoms with Gasteiger partial charge in [-0.05, 0) is 29.3 Å². The number of aliphatic hydroxyl groups is 1. The minimum Gasteiger partial charge on any atom is -0.503 e. The molecule has 0 amide bonds. The number of fused-ring (bicyclic) bond motifs is 1. The SMILES string of the molecule is Cc1c(O)c(=O)ccn1C[C@H](O)c1ccc2ccccc2c1. The highest BCUT2D eigenvalue weighted by Crippen LogP contribution is 2.22. The van der Waals surface area contributed by atoms with Crippen molar-refractivity contribution < 1.29 is 10.2 Å². The second kappa shape index (κ2) is 5.66. The van der Waals surface area contributed by atoms with Crippen LogP contribution in [0.4, 0.5) is 0 Å². The second-order valence-corrected chi connectivity index (χ2v) is 5.39. The van der Waals surface area contributed by atoms with E-state index in [1.807, 2.05) is 42.5 Å². The monoisotopic (exact) mass is 295 g/mol. The molecule has 1 aromatic heterocycles. The minimum absolute atomic E-state index is 0.270. The lowest BCUT2D eigenvalue weighted by molar-refractivity contribution is 0.155. The van der Waals surface area contributed by atoms with E-state index in [4.69, 9.17) is 0 Å². The summed E-state index contributed by atoms with van der Waals surface area (Å²) >= 11 is 0. The van der Waals surface area contributed by atoms with E-state index in [0.29, 0.717) is 5.69 Å². The van der Waals surface area contributed by atoms with Crippen LogP contribution >= 0.6 is 0 Å². The average Bonchev–Trinajstić information content (AvgIpc) is 2.55. The molecule has 0 spiro atoms. The van der Waals surface area contributed by atoms with Gasteiger partial charge in [-0.2, -0.15) is 0 Å². The van der Waals surface area contributed by atoms with Gasteiger partial charge in [0, 0.05) is 12.3 Å². The number of hydrogen-bond acceptors (Lipinski definition) is 3. The third-order valence-corrected chi connectivity index (χ3v) is 3.94. The van der Waals surface area contributed by atoms with Gasteiger partial charge in [-0.1, -0.05) is 36.4 Å². The van der Waals surface area contributed by atoms with Gasteiger partial charge in [0.1, 0.15) is 0 Å². The van der Waals surface area contributed by atoms with E-state index in [9.17, 15) is 15.0 Å². The molecule has 0 saturated heterocycles. The lowest BCUT2D eigenvalue weighted by Crippen LogP contribution is -2.14. The van der Waals surface area contributed by atoms with Crippen LogP contribution in [-0.4, -0.2) is 14.8 Å². The van der Waals surface area contributed by atoms with Crippen LogP contribution in [0, 0.1) is 6.92 Å². The number of benzene rings is 2. The van der Waals surface area contributed by atoms with E-state index < -0.39 is 11.5 Å². The van der Waals surface area contributed by atoms with Gasteiger partial charge in [-0.25, -0.2) is 0 Å². The Hall–Kier alpha value is -2.59. The maximum absolute atomic E-state index is 11.4. The molecule has 4 nitrogen and oxygen atoms in total. The van der Waals surface area contributed by atoms with Crippen molar-refractivity contribution in [3.05, 3.63) is 76.2 Å². The predicted molar refractivity (Wildman–Crippen MR) is 86.0 cm³/mol. The molecule has 0 aliphatic rings. The van der Waals surface area contributed by atoms with Crippen molar-refractivity contribution in [3.63, 3.8) is 0 Å². The topological polar surface area (TPSA) is 62.5 Å². The molecular formula is C18H17NO3. The van der Waals surface area contributed by atoms with E-state index >= 15 is 0 Å². The Bertz CT molecular complexity index is 883. The summed E-state index contributed by atoms with van der Waals surface area (Å²) < 4.78 is 1.68. The molecule has 2 aromatic carbocycles. The van der Waals surface area contributed by atoms with Crippen molar-refractivity contribution in [1.82, 2.24) is 4.57 Å². The van der Waals surface area contributed by atoms with Crippen molar-refractivity contribution in [3.8, 4) is 5.75 Å². The summed E-state index contributed by atoms with van der Waals surface area (Å²) in [5, 5.41) is 22.3. The lowest BCUT2D eigenvalue weighted by atomic mass is 10.0. The van der Waals surface area contributed by atoms with E-state index in [1.54, 1.807) is 17.7 Å². The molecule has 0 unspecified atom stereocenters. The van der Waals surface area contributed by atoms with Crippen LogP contribution < -0.4 is 5.43 Å². The minimum atomic E-state index is -0.717. The third-order valence-electron chi connectivity index (χ3n) is 3.94. The van der Waals surface area contributed by atoms with Crippen molar-refractivity contribution in [2.45, 2.75) is 19.6 Å². The highest BCUT2D eigenvalue weighted by atomic mass is 16.3. The second-order valence-electron chi connectivity index (χ2n) is 5.39. The fourth-order valence-electron chi connectivity index (χ4n) is 2.57. The van der Waals surface area contributed by atoms with E-state index in [-0.39, 0.29) is 12.3 Å². The van der Waals surface area contributed by atoms with Crippen molar-refractivity contribution in [2.75, 3.05) is 0 Å². The Morgan fingerprint density at radius 1 is 1.09 bits per heavy atom. The highest BCUT2D eigenvalue weighted by Gasteiger charge is 2.12. The zero-order chi connectivity index (χ0) is 15.7. The maximum Gasteiger partial charge on any atom is 0.223 e. The summed E-state index contributed by atoms with van der Waals surface area (Å²) in [6.45, 7) is 1.93. The molecule has 112 valence electrons. The highest BCUT2D eigenvalue weighted by molar-refractivity contribution is 5.83. The fraction of sp³-hybridized carbons (Fsp3) is 0.167. The zero-order valence-electron chi connectivity index (χ0n) is 12.2. The quantitative estimate of drug-likeness (QED) is 0.781. The lowest BCUT2D eigenvalue weighted by Gasteiger charge is -2.17. The van der Waals surface area contributed by atoms with Crippen LogP contribution in [-0.2, 0) is 6.54 Å². The molecule has 0 aliphatic carbocycles. The first-order chi connectivity index (χ1) is 10.6. The molecule has 3 rings (SSSR count). The van der Waals surface area contributed by atoms with Gasteiger partial charge in [0.2, 0.25) is 5.43 Å². The Labute approximate surface area is 127 Å². The zero-order valence-corrected chi connectivity index (χ0v) is 12.2. The molecule has 0 fully saturated rings. The Morgan fingerprint density at radius 3 is 2.59 bits per heavy atom. The predicted octanol–water partition coefficient (Wildman–Crippen LogP) is 2.75. The standard InChI is InChI=1S/C18H17NO3/c1-12-18(22)16(20)8-9-19(12)11-17(21)15-7-6-13-4-2-3-5-14(13)10-15/h2-10,17,21-22H,11H2,1H3/t17-/m0/s1. The van der Waals surface area contributed by atoms with Gasteiger partial charge < -0.3 is 14.8 Å². The number of aromatic hydroxyl groups is 1. The first kappa shape index (κ1) is 14.4. The number of pyridine rings is 1. The molecule has 0 radical (unpaired) electrons. The van der Waals surface area contributed by atoms with Crippen LogP contribution in [0.2, 0.25) is 0 Å². The molecule has 2 N–H and O–H groups in total. The van der Waals surface area contributed by atoms with E-state index in [0.717, 1.165) is 16.3 Å². The molecule has 0 saturated carbocycles. The molecule has 1 heterocycles. The maximum atomic E-state index is 11.4. The smallest absolute Gasteiger partial charge is 0.223 e. The summed E-state index contributed by atoms with van der Waals surface area (Å²) in [6, 6.07) is 15.1. The van der Waals surface area contributed by atoms with Crippen LogP contribution in [0.3, 0.4) is 0 Å². The molecule has 0 aliphatic heterocycles. The Balaban J connectivity index is 1.91. The number of aliphatic hydroxyl groups excluding tert-OH is 1. The first-order valence-corrected chi connectivity index (χ1v) is 7.12. The van der Waals surface area contributed by atoms with Crippen molar-refractivity contribution in [2.24, 2.45) is 0 Å². The Kier molecular flexibility index (Phi) is 3.69. The molecule has 3 aromatic rings. The number of hydrogen-bond donors (Lipinski definition) is 2. The Morgan fingerprint density at radius 2 is 1.82 bits per heavy atom. The molecule has 22 heavy (non-hydrogen) atoms. The van der Waals surface area contributed by atoms with Gasteiger partial charge in [0.15, 0.2) is 5.75 Å². The fourth-order valence-corrected chi connectivity index (χ4v) is 2.57. The molecule has 0 bridgehead atoms. The van der Waals surface area contributed by atoms with Crippen LogP contribution in [0.1, 0.15) is 17.4 Å². The number of nitrogens with zero attached hydrogens (tertiary/aromatic N) is 1. The number of aromatic nitrogens is 1. The average molecular weight is 295 g/mol. The molecular weight excluding hydrogens is 278 g/mol. The van der Waals surface area contributed by atoms with Crippen LogP contribution in [0.5, 0.6) is 5.75 Å². The summed E-state index contributed by atoms with van der Waals surface area (Å²) in [5.74, 6) is -0.270. The van der Waals surface area contributed by atoms with Gasteiger partial charge in [0.05, 0.1) is 18.3 Å². The third kappa shape index (κ3) is 2.61. The van der Waals surface area contributed by atoms with E-state index in [1.165, 1.54) is 6.07 Å². The van der Waals surface area contributed by atoms with E-state index in [2.05, 4.69) is 0 Å². The summed E-state index contributed by atoms with van der Waals surface area (Å²) in [6.07, 6.45) is 0.868.